The smallest absolute Gasteiger partial charge is 0.254 e. The van der Waals surface area contributed by atoms with Crippen LogP contribution in [0.5, 0.6) is 0 Å². The van der Waals surface area contributed by atoms with Crippen LogP contribution in [0.3, 0.4) is 0 Å². The number of carbonyl (C=O) groups is 1. The Kier molecular flexibility index (Phi) is 3.59. The first-order chi connectivity index (χ1) is 8.95. The number of benzene rings is 1. The Bertz CT molecular complexity index is 589. The maximum atomic E-state index is 13.1. The van der Waals surface area contributed by atoms with Crippen molar-refractivity contribution in [3.05, 3.63) is 53.4 Å². The first kappa shape index (κ1) is 13.2. The summed E-state index contributed by atoms with van der Waals surface area (Å²) in [5.41, 5.74) is 0.833. The highest BCUT2D eigenvalue weighted by molar-refractivity contribution is 5.94. The summed E-state index contributed by atoms with van der Waals surface area (Å²) in [6.07, 6.45) is 3.41. The normalized spacial score (nSPS) is 10.5. The Labute approximate surface area is 109 Å². The highest BCUT2D eigenvalue weighted by Crippen LogP contribution is 2.11. The maximum Gasteiger partial charge on any atom is 0.254 e. The Morgan fingerprint density at radius 3 is 2.47 bits per heavy atom. The molecule has 0 fully saturated rings. The van der Waals surface area contributed by atoms with Crippen LogP contribution in [-0.2, 0) is 13.6 Å². The highest BCUT2D eigenvalue weighted by atomic mass is 19.1. The standard InChI is InChI=1S/C13H13F2N3O/c1-17(7-9-6-16-18(2)8-9)13(19)10-3-11(14)5-12(15)4-10/h3-6,8H,7H2,1-2H3. The van der Waals surface area contributed by atoms with E-state index in [4.69, 9.17) is 0 Å². The molecule has 0 saturated carbocycles. The third kappa shape index (κ3) is 3.15. The van der Waals surface area contributed by atoms with Crippen molar-refractivity contribution in [2.45, 2.75) is 6.54 Å². The van der Waals surface area contributed by atoms with Gasteiger partial charge in [0, 0.05) is 44.0 Å². The van der Waals surface area contributed by atoms with Gasteiger partial charge in [-0.3, -0.25) is 9.48 Å². The number of carbonyl (C=O) groups excluding carboxylic acids is 1. The molecular weight excluding hydrogens is 252 g/mol. The second kappa shape index (κ2) is 5.17. The lowest BCUT2D eigenvalue weighted by molar-refractivity contribution is 0.0784. The molecule has 0 radical (unpaired) electrons. The first-order valence-corrected chi connectivity index (χ1v) is 5.65. The molecular formula is C13H13F2N3O. The van der Waals surface area contributed by atoms with Gasteiger partial charge in [-0.2, -0.15) is 5.10 Å². The van der Waals surface area contributed by atoms with Crippen molar-refractivity contribution in [1.82, 2.24) is 14.7 Å². The monoisotopic (exact) mass is 265 g/mol. The van der Waals surface area contributed by atoms with Gasteiger partial charge in [0.2, 0.25) is 0 Å². The number of halogens is 2. The summed E-state index contributed by atoms with van der Waals surface area (Å²) >= 11 is 0. The summed E-state index contributed by atoms with van der Waals surface area (Å²) in [6, 6.07) is 2.77. The number of amides is 1. The van der Waals surface area contributed by atoms with Gasteiger partial charge in [-0.25, -0.2) is 8.78 Å². The van der Waals surface area contributed by atoms with E-state index in [2.05, 4.69) is 5.10 Å². The lowest BCUT2D eigenvalue weighted by Crippen LogP contribution is -2.26. The average Bonchev–Trinajstić information content (AvgIpc) is 2.72. The number of aryl methyl sites for hydroxylation is 1. The molecule has 1 aromatic carbocycles. The third-order valence-electron chi connectivity index (χ3n) is 2.63. The van der Waals surface area contributed by atoms with Gasteiger partial charge >= 0.3 is 0 Å². The van der Waals surface area contributed by atoms with E-state index in [1.54, 1.807) is 31.2 Å². The maximum absolute atomic E-state index is 13.1. The minimum atomic E-state index is -0.766. The predicted octanol–water partition coefficient (Wildman–Crippen LogP) is 1.97. The van der Waals surface area contributed by atoms with Gasteiger partial charge in [0.25, 0.3) is 5.91 Å². The Morgan fingerprint density at radius 2 is 1.95 bits per heavy atom. The number of rotatable bonds is 3. The van der Waals surface area contributed by atoms with E-state index in [-0.39, 0.29) is 5.56 Å². The zero-order valence-corrected chi connectivity index (χ0v) is 10.6. The van der Waals surface area contributed by atoms with Crippen LogP contribution in [0.1, 0.15) is 15.9 Å². The molecule has 0 N–H and O–H groups in total. The second-order valence-electron chi connectivity index (χ2n) is 4.34. The molecule has 0 atom stereocenters. The van der Waals surface area contributed by atoms with Gasteiger partial charge in [0.05, 0.1) is 6.20 Å². The average molecular weight is 265 g/mol. The summed E-state index contributed by atoms with van der Waals surface area (Å²) in [5.74, 6) is -1.97. The summed E-state index contributed by atoms with van der Waals surface area (Å²) in [5, 5.41) is 3.99. The SMILES string of the molecule is CN(Cc1cnn(C)c1)C(=O)c1cc(F)cc(F)c1. The van der Waals surface area contributed by atoms with Gasteiger partial charge in [0.15, 0.2) is 0 Å². The Hall–Kier alpha value is -2.24. The predicted molar refractivity (Wildman–Crippen MR) is 65.4 cm³/mol. The van der Waals surface area contributed by atoms with E-state index >= 15 is 0 Å². The largest absolute Gasteiger partial charge is 0.337 e. The Balaban J connectivity index is 2.14. The fourth-order valence-corrected chi connectivity index (χ4v) is 1.80. The molecule has 1 heterocycles. The van der Waals surface area contributed by atoms with Crippen LogP contribution >= 0.6 is 0 Å². The molecule has 0 aliphatic carbocycles. The molecule has 0 aliphatic heterocycles. The van der Waals surface area contributed by atoms with Crippen LogP contribution in [-0.4, -0.2) is 27.6 Å². The molecule has 0 unspecified atom stereocenters. The fourth-order valence-electron chi connectivity index (χ4n) is 1.80. The molecule has 2 rings (SSSR count). The summed E-state index contributed by atoms with van der Waals surface area (Å²) < 4.78 is 27.7. The topological polar surface area (TPSA) is 38.1 Å². The molecule has 1 amide bonds. The summed E-state index contributed by atoms with van der Waals surface area (Å²) in [6.45, 7) is 0.324. The molecule has 0 saturated heterocycles. The minimum Gasteiger partial charge on any atom is -0.337 e. The zero-order valence-electron chi connectivity index (χ0n) is 10.6. The van der Waals surface area contributed by atoms with Crippen LogP contribution in [0.25, 0.3) is 0 Å². The van der Waals surface area contributed by atoms with E-state index in [1.807, 2.05) is 0 Å². The second-order valence-corrected chi connectivity index (χ2v) is 4.34. The van der Waals surface area contributed by atoms with Crippen molar-refractivity contribution < 1.29 is 13.6 Å². The minimum absolute atomic E-state index is 0.0103. The van der Waals surface area contributed by atoms with Gasteiger partial charge in [-0.15, -0.1) is 0 Å². The lowest BCUT2D eigenvalue weighted by atomic mass is 10.2. The van der Waals surface area contributed by atoms with Crippen LogP contribution in [0, 0.1) is 11.6 Å². The molecule has 6 heteroatoms. The van der Waals surface area contributed by atoms with Gasteiger partial charge in [0.1, 0.15) is 11.6 Å². The van der Waals surface area contributed by atoms with Crippen LogP contribution < -0.4 is 0 Å². The van der Waals surface area contributed by atoms with Crippen molar-refractivity contribution in [2.75, 3.05) is 7.05 Å². The molecule has 0 aliphatic rings. The molecule has 2 aromatic rings. The number of hydrogen-bond acceptors (Lipinski definition) is 2. The van der Waals surface area contributed by atoms with Crippen LogP contribution in [0.15, 0.2) is 30.6 Å². The van der Waals surface area contributed by atoms with Crippen molar-refractivity contribution in [3.8, 4) is 0 Å². The van der Waals surface area contributed by atoms with Crippen LogP contribution in [0.2, 0.25) is 0 Å². The number of hydrogen-bond donors (Lipinski definition) is 0. The van der Waals surface area contributed by atoms with Gasteiger partial charge in [-0.05, 0) is 12.1 Å². The molecule has 100 valence electrons. The van der Waals surface area contributed by atoms with Crippen molar-refractivity contribution in [2.24, 2.45) is 7.05 Å². The van der Waals surface area contributed by atoms with E-state index in [9.17, 15) is 13.6 Å². The van der Waals surface area contributed by atoms with Crippen LogP contribution in [0.4, 0.5) is 8.78 Å². The molecule has 19 heavy (non-hydrogen) atoms. The number of nitrogens with zero attached hydrogens (tertiary/aromatic N) is 3. The van der Waals surface area contributed by atoms with Crippen molar-refractivity contribution in [1.29, 1.82) is 0 Å². The molecule has 4 nitrogen and oxygen atoms in total. The fraction of sp³-hybridized carbons (Fsp3) is 0.231. The van der Waals surface area contributed by atoms with E-state index < -0.39 is 17.5 Å². The lowest BCUT2D eigenvalue weighted by Gasteiger charge is -2.16. The molecule has 1 aromatic heterocycles. The third-order valence-corrected chi connectivity index (χ3v) is 2.63. The molecule has 0 spiro atoms. The Morgan fingerprint density at radius 1 is 1.32 bits per heavy atom. The van der Waals surface area contributed by atoms with E-state index in [1.165, 1.54) is 4.90 Å². The molecule has 0 bridgehead atoms. The first-order valence-electron chi connectivity index (χ1n) is 5.65. The summed E-state index contributed by atoms with van der Waals surface area (Å²) in [4.78, 5) is 13.4. The summed E-state index contributed by atoms with van der Waals surface area (Å²) in [7, 11) is 3.34. The van der Waals surface area contributed by atoms with Crippen molar-refractivity contribution in [3.63, 3.8) is 0 Å². The highest BCUT2D eigenvalue weighted by Gasteiger charge is 2.14. The van der Waals surface area contributed by atoms with Gasteiger partial charge < -0.3 is 4.90 Å². The van der Waals surface area contributed by atoms with E-state index in [0.29, 0.717) is 6.54 Å². The number of aromatic nitrogens is 2. The van der Waals surface area contributed by atoms with Gasteiger partial charge in [-0.1, -0.05) is 0 Å². The van der Waals surface area contributed by atoms with Crippen molar-refractivity contribution >= 4 is 5.91 Å². The van der Waals surface area contributed by atoms with E-state index in [0.717, 1.165) is 23.8 Å². The zero-order chi connectivity index (χ0) is 14.0. The quantitative estimate of drug-likeness (QED) is 0.851.